The van der Waals surface area contributed by atoms with E-state index in [0.29, 0.717) is 5.92 Å². The van der Waals surface area contributed by atoms with E-state index in [1.807, 2.05) is 0 Å². The fourth-order valence-electron chi connectivity index (χ4n) is 9.61. The van der Waals surface area contributed by atoms with E-state index in [4.69, 9.17) is 0 Å². The summed E-state index contributed by atoms with van der Waals surface area (Å²) in [4.78, 5) is 2.45. The number of nitrogens with zero attached hydrogens (tertiary/aromatic N) is 2. The van der Waals surface area contributed by atoms with Crippen molar-refractivity contribution in [3.8, 4) is 0 Å². The average molecular weight is 718 g/mol. The first kappa shape index (κ1) is 36.3. The minimum atomic E-state index is -0.288. The molecule has 0 spiro atoms. The lowest BCUT2D eigenvalue weighted by molar-refractivity contribution is -0.439. The second-order valence-corrected chi connectivity index (χ2v) is 16.0. The largest absolute Gasteiger partial charge is 0.347 e. The Morgan fingerprint density at radius 2 is 1.22 bits per heavy atom. The van der Waals surface area contributed by atoms with E-state index in [0.717, 1.165) is 38.6 Å². The predicted molar refractivity (Wildman–Crippen MR) is 234 cm³/mol. The van der Waals surface area contributed by atoms with E-state index in [-0.39, 0.29) is 10.8 Å². The molecule has 0 amide bonds. The number of hydrogen-bond acceptors (Lipinski definition) is 1. The first-order chi connectivity index (χ1) is 26.9. The van der Waals surface area contributed by atoms with Crippen LogP contribution in [0, 0.1) is 5.92 Å². The molecule has 6 aromatic rings. The molecule has 2 heterocycles. The number of anilines is 1. The number of fused-ring (bicyclic) bond motifs is 4. The molecule has 0 N–H and O–H groups in total. The summed E-state index contributed by atoms with van der Waals surface area (Å²) in [5.74, 6) is 0.593. The molecule has 1 atom stereocenters. The summed E-state index contributed by atoms with van der Waals surface area (Å²) in [6.07, 6.45) is 14.1. The summed E-state index contributed by atoms with van der Waals surface area (Å²) >= 11 is 0. The summed E-state index contributed by atoms with van der Waals surface area (Å²) in [7, 11) is 2.26. The molecule has 2 heteroatoms. The molecule has 274 valence electrons. The number of likely N-dealkylation sites (N-methyl/N-ethyl adjacent to an activating group) is 1. The van der Waals surface area contributed by atoms with Gasteiger partial charge in [0.1, 0.15) is 6.54 Å². The van der Waals surface area contributed by atoms with Gasteiger partial charge in [0.2, 0.25) is 5.69 Å². The lowest BCUT2D eigenvalue weighted by atomic mass is 9.69. The topological polar surface area (TPSA) is 6.25 Å². The van der Waals surface area contributed by atoms with Crippen LogP contribution in [0.3, 0.4) is 0 Å². The normalized spacial score (nSPS) is 18.1. The highest BCUT2D eigenvalue weighted by Gasteiger charge is 2.51. The third-order valence-corrected chi connectivity index (χ3v) is 12.1. The number of rotatable bonds is 13. The SMILES string of the molecule is C=CCC1(Cc2ccccc2)C(=CC=CC2=[N+](CCC(C)C)c3ccccc3C2(Cc2ccccc2)Cc2ccccc2)N(C)c2ccc3ccccc3c21. The lowest BCUT2D eigenvalue weighted by Crippen LogP contribution is -2.39. The molecule has 0 saturated heterocycles. The molecule has 55 heavy (non-hydrogen) atoms. The predicted octanol–water partition coefficient (Wildman–Crippen LogP) is 12.4. The van der Waals surface area contributed by atoms with Crippen LogP contribution in [0.2, 0.25) is 0 Å². The Bertz CT molecular complexity index is 2340. The zero-order valence-corrected chi connectivity index (χ0v) is 32.7. The molecule has 0 bridgehead atoms. The van der Waals surface area contributed by atoms with Crippen molar-refractivity contribution in [3.05, 3.63) is 216 Å². The summed E-state index contributed by atoms with van der Waals surface area (Å²) in [6, 6.07) is 55.9. The van der Waals surface area contributed by atoms with Crippen molar-refractivity contribution in [2.24, 2.45) is 5.92 Å². The molecular weight excluding hydrogens is 665 g/mol. The number of allylic oxidation sites excluding steroid dienone is 5. The van der Waals surface area contributed by atoms with Gasteiger partial charge in [-0.05, 0) is 76.8 Å². The number of hydrogen-bond donors (Lipinski definition) is 0. The Hall–Kier alpha value is -5.73. The van der Waals surface area contributed by atoms with Gasteiger partial charge in [0.15, 0.2) is 5.71 Å². The molecular formula is C53H53N2+. The van der Waals surface area contributed by atoms with E-state index in [1.165, 1.54) is 61.4 Å². The van der Waals surface area contributed by atoms with Crippen molar-refractivity contribution in [2.75, 3.05) is 18.5 Å². The molecule has 0 aliphatic carbocycles. The van der Waals surface area contributed by atoms with Crippen molar-refractivity contribution in [3.63, 3.8) is 0 Å². The molecule has 2 aliphatic heterocycles. The Morgan fingerprint density at radius 3 is 1.84 bits per heavy atom. The highest BCUT2D eigenvalue weighted by molar-refractivity contribution is 6.04. The Balaban J connectivity index is 1.34. The van der Waals surface area contributed by atoms with Gasteiger partial charge in [-0.25, -0.2) is 0 Å². The van der Waals surface area contributed by atoms with Crippen molar-refractivity contribution >= 4 is 27.9 Å². The highest BCUT2D eigenvalue weighted by atomic mass is 15.2. The highest BCUT2D eigenvalue weighted by Crippen LogP contribution is 2.54. The van der Waals surface area contributed by atoms with Crippen LogP contribution in [0.1, 0.15) is 54.5 Å². The maximum Gasteiger partial charge on any atom is 0.209 e. The van der Waals surface area contributed by atoms with Gasteiger partial charge in [0.05, 0.1) is 5.41 Å². The van der Waals surface area contributed by atoms with Crippen LogP contribution in [0.5, 0.6) is 0 Å². The summed E-state index contributed by atoms with van der Waals surface area (Å²) in [5.41, 5.74) is 11.6. The molecule has 8 rings (SSSR count). The van der Waals surface area contributed by atoms with Gasteiger partial charge in [-0.3, -0.25) is 0 Å². The summed E-state index contributed by atoms with van der Waals surface area (Å²) in [6.45, 7) is 10.0. The van der Waals surface area contributed by atoms with Crippen molar-refractivity contribution in [1.82, 2.24) is 0 Å². The minimum Gasteiger partial charge on any atom is -0.347 e. The van der Waals surface area contributed by atoms with Crippen LogP contribution < -0.4 is 4.90 Å². The van der Waals surface area contributed by atoms with Crippen LogP contribution in [0.4, 0.5) is 11.4 Å². The van der Waals surface area contributed by atoms with Crippen LogP contribution in [0.25, 0.3) is 10.8 Å². The quantitative estimate of drug-likeness (QED) is 0.0851. The van der Waals surface area contributed by atoms with Crippen LogP contribution in [-0.2, 0) is 30.1 Å². The van der Waals surface area contributed by atoms with Crippen LogP contribution in [0.15, 0.2) is 188 Å². The van der Waals surface area contributed by atoms with E-state index in [1.54, 1.807) is 0 Å². The van der Waals surface area contributed by atoms with Gasteiger partial charge in [-0.15, -0.1) is 6.58 Å². The number of benzene rings is 6. The molecule has 6 aromatic carbocycles. The summed E-state index contributed by atoms with van der Waals surface area (Å²) in [5, 5.41) is 2.60. The van der Waals surface area contributed by atoms with Crippen molar-refractivity contribution in [2.45, 2.75) is 56.8 Å². The molecule has 2 aliphatic rings. The Morgan fingerprint density at radius 1 is 0.655 bits per heavy atom. The first-order valence-electron chi connectivity index (χ1n) is 20.1. The van der Waals surface area contributed by atoms with E-state index in [2.05, 4.69) is 213 Å². The lowest BCUT2D eigenvalue weighted by Gasteiger charge is -2.33. The van der Waals surface area contributed by atoms with Gasteiger partial charge in [0, 0.05) is 48.0 Å². The smallest absolute Gasteiger partial charge is 0.209 e. The maximum absolute atomic E-state index is 4.36. The van der Waals surface area contributed by atoms with E-state index < -0.39 is 0 Å². The number of para-hydroxylation sites is 1. The second-order valence-electron chi connectivity index (χ2n) is 16.0. The van der Waals surface area contributed by atoms with Gasteiger partial charge in [0.25, 0.3) is 0 Å². The second kappa shape index (κ2) is 15.6. The van der Waals surface area contributed by atoms with Crippen LogP contribution in [-0.4, -0.2) is 23.9 Å². The molecule has 1 unspecified atom stereocenters. The Labute approximate surface area is 328 Å². The standard InChI is InChI=1S/C53H53N2/c1-5-35-52(37-41-20-9-6-10-21-41)49(54(4)48-33-32-44-26-15-16-27-45(44)51(48)52)30-19-31-50-53(38-42-22-11-7-12-23-42,39-43-24-13-8-14-25-43)46-28-17-18-29-47(46)55(50)36-34-40(2)3/h5-33,40H,1,34-39H2,2-4H3/q+1. The fourth-order valence-corrected chi connectivity index (χ4v) is 9.61. The third-order valence-electron chi connectivity index (χ3n) is 12.1. The van der Waals surface area contributed by atoms with Gasteiger partial charge in [-0.2, -0.15) is 4.58 Å². The van der Waals surface area contributed by atoms with Gasteiger partial charge >= 0.3 is 0 Å². The molecule has 0 fully saturated rings. The minimum absolute atomic E-state index is 0.256. The fraction of sp³-hybridized carbons (Fsp3) is 0.226. The molecule has 0 radical (unpaired) electrons. The van der Waals surface area contributed by atoms with Gasteiger partial charge < -0.3 is 4.90 Å². The third kappa shape index (κ3) is 6.80. The van der Waals surface area contributed by atoms with E-state index in [9.17, 15) is 0 Å². The average Bonchev–Trinajstić information content (AvgIpc) is 3.59. The van der Waals surface area contributed by atoms with Crippen LogP contribution >= 0.6 is 0 Å². The van der Waals surface area contributed by atoms with E-state index >= 15 is 0 Å². The maximum atomic E-state index is 4.36. The zero-order chi connectivity index (χ0) is 37.8. The monoisotopic (exact) mass is 717 g/mol. The first-order valence-corrected chi connectivity index (χ1v) is 20.1. The molecule has 0 aromatic heterocycles. The zero-order valence-electron chi connectivity index (χ0n) is 32.7. The van der Waals surface area contributed by atoms with Crippen molar-refractivity contribution < 1.29 is 4.58 Å². The molecule has 0 saturated carbocycles. The van der Waals surface area contributed by atoms with Crippen molar-refractivity contribution in [1.29, 1.82) is 0 Å². The molecule has 2 nitrogen and oxygen atoms in total. The van der Waals surface area contributed by atoms with Gasteiger partial charge in [-0.1, -0.05) is 166 Å². The Kier molecular flexibility index (Phi) is 10.3. The summed E-state index contributed by atoms with van der Waals surface area (Å²) < 4.78 is 2.65.